The number of anilines is 2. The summed E-state index contributed by atoms with van der Waals surface area (Å²) in [4.78, 5) is 2.29. The van der Waals surface area contributed by atoms with Crippen LogP contribution in [-0.2, 0) is 4.74 Å². The van der Waals surface area contributed by atoms with Gasteiger partial charge in [-0.05, 0) is 18.6 Å². The molecule has 1 saturated heterocycles. The maximum Gasteiger partial charge on any atom is 0.144 e. The van der Waals surface area contributed by atoms with Gasteiger partial charge in [0, 0.05) is 24.8 Å². The molecular weight excluding hydrogens is 204 g/mol. The Morgan fingerprint density at radius 2 is 2.00 bits per heavy atom. The molecule has 0 spiro atoms. The molecule has 1 heterocycles. The third-order valence-corrected chi connectivity index (χ3v) is 2.84. The lowest BCUT2D eigenvalue weighted by Gasteiger charge is -2.31. The van der Waals surface area contributed by atoms with Crippen molar-refractivity contribution in [3.63, 3.8) is 0 Å². The lowest BCUT2D eigenvalue weighted by Crippen LogP contribution is -2.36. The molecule has 2 rings (SSSR count). The van der Waals surface area contributed by atoms with Crippen molar-refractivity contribution in [2.75, 3.05) is 44.0 Å². The van der Waals surface area contributed by atoms with E-state index in [1.165, 1.54) is 0 Å². The molecule has 0 aliphatic carbocycles. The molecule has 2 N–H and O–H groups in total. The van der Waals surface area contributed by atoms with E-state index in [-0.39, 0.29) is 0 Å². The van der Waals surface area contributed by atoms with E-state index in [9.17, 15) is 0 Å². The number of hydrogen-bond acceptors (Lipinski definition) is 4. The molecule has 1 fully saturated rings. The largest absolute Gasteiger partial charge is 0.494 e. The van der Waals surface area contributed by atoms with Crippen LogP contribution in [-0.4, -0.2) is 33.4 Å². The fourth-order valence-corrected chi connectivity index (χ4v) is 2.12. The molecule has 1 aromatic carbocycles. The highest BCUT2D eigenvalue weighted by Crippen LogP contribution is 2.34. The van der Waals surface area contributed by atoms with E-state index in [4.69, 9.17) is 15.2 Å². The van der Waals surface area contributed by atoms with Gasteiger partial charge in [0.1, 0.15) is 5.75 Å². The van der Waals surface area contributed by atoms with E-state index >= 15 is 0 Å². The summed E-state index contributed by atoms with van der Waals surface area (Å²) in [5, 5.41) is 0. The van der Waals surface area contributed by atoms with Crippen LogP contribution in [0, 0.1) is 6.92 Å². The number of aryl methyl sites for hydroxylation is 1. The molecule has 1 aromatic rings. The third-order valence-electron chi connectivity index (χ3n) is 2.84. The van der Waals surface area contributed by atoms with Gasteiger partial charge in [-0.3, -0.25) is 0 Å². The zero-order chi connectivity index (χ0) is 11.5. The highest BCUT2D eigenvalue weighted by molar-refractivity contribution is 5.68. The topological polar surface area (TPSA) is 47.7 Å². The molecule has 0 amide bonds. The van der Waals surface area contributed by atoms with Crippen molar-refractivity contribution < 1.29 is 9.47 Å². The van der Waals surface area contributed by atoms with Gasteiger partial charge in [0.2, 0.25) is 0 Å². The first-order chi connectivity index (χ1) is 7.72. The first-order valence-corrected chi connectivity index (χ1v) is 5.49. The SMILES string of the molecule is COc1cc(N)cc(C)c1N1CCOCC1. The number of ether oxygens (including phenoxy) is 2. The Labute approximate surface area is 95.9 Å². The Balaban J connectivity index is 2.37. The van der Waals surface area contributed by atoms with Crippen LogP contribution in [0.4, 0.5) is 11.4 Å². The summed E-state index contributed by atoms with van der Waals surface area (Å²) in [5.74, 6) is 0.847. The van der Waals surface area contributed by atoms with Crippen molar-refractivity contribution in [2.45, 2.75) is 6.92 Å². The Morgan fingerprint density at radius 3 is 2.62 bits per heavy atom. The highest BCUT2D eigenvalue weighted by Gasteiger charge is 2.17. The number of nitrogens with two attached hydrogens (primary N) is 1. The number of benzene rings is 1. The molecule has 0 unspecified atom stereocenters. The van der Waals surface area contributed by atoms with Crippen molar-refractivity contribution in [2.24, 2.45) is 0 Å². The summed E-state index contributed by atoms with van der Waals surface area (Å²) < 4.78 is 10.7. The van der Waals surface area contributed by atoms with Gasteiger partial charge >= 0.3 is 0 Å². The second kappa shape index (κ2) is 4.61. The minimum absolute atomic E-state index is 0.742. The lowest BCUT2D eigenvalue weighted by atomic mass is 10.1. The maximum atomic E-state index is 5.81. The van der Waals surface area contributed by atoms with Crippen molar-refractivity contribution in [1.82, 2.24) is 0 Å². The van der Waals surface area contributed by atoms with Gasteiger partial charge in [-0.25, -0.2) is 0 Å². The number of hydrogen-bond donors (Lipinski definition) is 1. The van der Waals surface area contributed by atoms with Crippen LogP contribution in [0.3, 0.4) is 0 Å². The average molecular weight is 222 g/mol. The highest BCUT2D eigenvalue weighted by atomic mass is 16.5. The quantitative estimate of drug-likeness (QED) is 0.769. The summed E-state index contributed by atoms with van der Waals surface area (Å²) in [6.07, 6.45) is 0. The fraction of sp³-hybridized carbons (Fsp3) is 0.500. The average Bonchev–Trinajstić information content (AvgIpc) is 2.29. The first kappa shape index (κ1) is 11.1. The van der Waals surface area contributed by atoms with Crippen molar-refractivity contribution in [1.29, 1.82) is 0 Å². The number of methoxy groups -OCH3 is 1. The zero-order valence-corrected chi connectivity index (χ0v) is 9.82. The Kier molecular flexibility index (Phi) is 3.19. The Hall–Kier alpha value is -1.42. The van der Waals surface area contributed by atoms with Gasteiger partial charge in [-0.15, -0.1) is 0 Å². The van der Waals surface area contributed by atoms with E-state index in [0.717, 1.165) is 49.0 Å². The summed E-state index contributed by atoms with van der Waals surface area (Å²) in [6, 6.07) is 3.85. The maximum absolute atomic E-state index is 5.81. The molecule has 0 atom stereocenters. The summed E-state index contributed by atoms with van der Waals surface area (Å²) >= 11 is 0. The van der Waals surface area contributed by atoms with Gasteiger partial charge < -0.3 is 20.1 Å². The minimum Gasteiger partial charge on any atom is -0.494 e. The number of nitrogens with zero attached hydrogens (tertiary/aromatic N) is 1. The molecule has 0 radical (unpaired) electrons. The minimum atomic E-state index is 0.742. The molecule has 1 aliphatic rings. The first-order valence-electron chi connectivity index (χ1n) is 5.49. The molecule has 0 saturated carbocycles. The zero-order valence-electron chi connectivity index (χ0n) is 9.82. The van der Waals surface area contributed by atoms with Gasteiger partial charge in [-0.2, -0.15) is 0 Å². The van der Waals surface area contributed by atoms with Gasteiger partial charge in [0.15, 0.2) is 0 Å². The number of rotatable bonds is 2. The lowest BCUT2D eigenvalue weighted by molar-refractivity contribution is 0.122. The smallest absolute Gasteiger partial charge is 0.144 e. The molecule has 4 nitrogen and oxygen atoms in total. The van der Waals surface area contributed by atoms with E-state index in [1.807, 2.05) is 12.1 Å². The summed E-state index contributed by atoms with van der Waals surface area (Å²) in [6.45, 7) is 5.41. The number of nitrogen functional groups attached to an aromatic ring is 1. The van der Waals surface area contributed by atoms with Crippen LogP contribution in [0.5, 0.6) is 5.75 Å². The normalized spacial score (nSPS) is 16.2. The predicted octanol–water partition coefficient (Wildman–Crippen LogP) is 1.42. The van der Waals surface area contributed by atoms with Crippen molar-refractivity contribution in [3.05, 3.63) is 17.7 Å². The molecule has 16 heavy (non-hydrogen) atoms. The van der Waals surface area contributed by atoms with Gasteiger partial charge in [-0.1, -0.05) is 0 Å². The molecule has 4 heteroatoms. The predicted molar refractivity (Wildman–Crippen MR) is 65.2 cm³/mol. The van der Waals surface area contributed by atoms with E-state index in [2.05, 4.69) is 11.8 Å². The van der Waals surface area contributed by atoms with E-state index in [0.29, 0.717) is 0 Å². The van der Waals surface area contributed by atoms with Crippen LogP contribution in [0.2, 0.25) is 0 Å². The monoisotopic (exact) mass is 222 g/mol. The molecule has 0 aromatic heterocycles. The molecule has 0 bridgehead atoms. The second-order valence-electron chi connectivity index (χ2n) is 3.99. The van der Waals surface area contributed by atoms with Crippen LogP contribution in [0.15, 0.2) is 12.1 Å². The Bertz CT molecular complexity index is 374. The fourth-order valence-electron chi connectivity index (χ4n) is 2.12. The van der Waals surface area contributed by atoms with Crippen LogP contribution in [0.1, 0.15) is 5.56 Å². The summed E-state index contributed by atoms with van der Waals surface area (Å²) in [7, 11) is 1.68. The van der Waals surface area contributed by atoms with Gasteiger partial charge in [0.25, 0.3) is 0 Å². The van der Waals surface area contributed by atoms with Gasteiger partial charge in [0.05, 0.1) is 26.0 Å². The Morgan fingerprint density at radius 1 is 1.31 bits per heavy atom. The second-order valence-corrected chi connectivity index (χ2v) is 3.99. The van der Waals surface area contributed by atoms with E-state index < -0.39 is 0 Å². The van der Waals surface area contributed by atoms with E-state index in [1.54, 1.807) is 7.11 Å². The van der Waals surface area contributed by atoms with Crippen molar-refractivity contribution in [3.8, 4) is 5.75 Å². The van der Waals surface area contributed by atoms with Crippen LogP contribution >= 0.6 is 0 Å². The molecule has 1 aliphatic heterocycles. The number of morpholine rings is 1. The molecule has 88 valence electrons. The van der Waals surface area contributed by atoms with Crippen LogP contribution in [0.25, 0.3) is 0 Å². The summed E-state index contributed by atoms with van der Waals surface area (Å²) in [5.41, 5.74) is 8.84. The third kappa shape index (κ3) is 2.07. The van der Waals surface area contributed by atoms with Crippen LogP contribution < -0.4 is 15.4 Å². The van der Waals surface area contributed by atoms with Crippen molar-refractivity contribution >= 4 is 11.4 Å². The molecular formula is C12H18N2O2. The standard InChI is InChI=1S/C12H18N2O2/c1-9-7-10(13)8-11(15-2)12(9)14-3-5-16-6-4-14/h7-8H,3-6,13H2,1-2H3.